The first-order chi connectivity index (χ1) is 14.8. The van der Waals surface area contributed by atoms with Gasteiger partial charge < -0.3 is 15.0 Å². The van der Waals surface area contributed by atoms with Gasteiger partial charge in [0.25, 0.3) is 0 Å². The largest absolute Gasteiger partial charge is 0.368 e. The van der Waals surface area contributed by atoms with E-state index in [1.54, 1.807) is 5.51 Å². The minimum atomic E-state index is -0.611. The molecule has 7 nitrogen and oxygen atoms in total. The number of anilines is 2. The topological polar surface area (TPSA) is 80.2 Å². The molecule has 0 saturated carbocycles. The normalized spacial score (nSPS) is 16.9. The van der Waals surface area contributed by atoms with E-state index in [9.17, 15) is 4.79 Å². The van der Waals surface area contributed by atoms with E-state index in [0.29, 0.717) is 19.7 Å². The summed E-state index contributed by atoms with van der Waals surface area (Å²) in [4.78, 5) is 20.0. The zero-order chi connectivity index (χ0) is 22.0. The summed E-state index contributed by atoms with van der Waals surface area (Å²) >= 11 is 1.43. The second kappa shape index (κ2) is 8.72. The van der Waals surface area contributed by atoms with Gasteiger partial charge in [-0.3, -0.25) is 9.78 Å². The van der Waals surface area contributed by atoms with Crippen molar-refractivity contribution in [2.45, 2.75) is 39.2 Å². The molecular formula is C23H27N5O2S. The van der Waals surface area contributed by atoms with Crippen LogP contribution in [0.2, 0.25) is 0 Å². The van der Waals surface area contributed by atoms with Crippen molar-refractivity contribution in [3.05, 3.63) is 64.4 Å². The molecule has 4 rings (SSSR count). The van der Waals surface area contributed by atoms with Crippen LogP contribution in [0.15, 0.2) is 41.9 Å². The summed E-state index contributed by atoms with van der Waals surface area (Å²) in [6, 6.07) is 12.1. The number of hydrogen-bond donors (Lipinski definition) is 1. The highest BCUT2D eigenvalue weighted by molar-refractivity contribution is 7.13. The second-order valence-corrected chi connectivity index (χ2v) is 9.23. The van der Waals surface area contributed by atoms with E-state index in [2.05, 4.69) is 32.6 Å². The molecular weight excluding hydrogens is 410 g/mol. The lowest BCUT2D eigenvalue weighted by Crippen LogP contribution is -2.49. The van der Waals surface area contributed by atoms with Gasteiger partial charge in [0, 0.05) is 17.9 Å². The first-order valence-corrected chi connectivity index (χ1v) is 11.2. The molecule has 1 fully saturated rings. The van der Waals surface area contributed by atoms with Crippen molar-refractivity contribution in [2.75, 3.05) is 25.0 Å². The average molecular weight is 438 g/mol. The maximum Gasteiger partial charge on any atom is 0.232 e. The Balaban J connectivity index is 1.52. The van der Waals surface area contributed by atoms with Gasteiger partial charge in [-0.15, -0.1) is 10.2 Å². The van der Waals surface area contributed by atoms with Gasteiger partial charge >= 0.3 is 0 Å². The van der Waals surface area contributed by atoms with Crippen molar-refractivity contribution in [2.24, 2.45) is 0 Å². The molecule has 8 heteroatoms. The Morgan fingerprint density at radius 1 is 1.23 bits per heavy atom. The third kappa shape index (κ3) is 4.75. The third-order valence-corrected chi connectivity index (χ3v) is 6.18. The van der Waals surface area contributed by atoms with E-state index in [1.807, 2.05) is 56.9 Å². The number of amides is 1. The summed E-state index contributed by atoms with van der Waals surface area (Å²) in [5, 5.41) is 11.9. The maximum absolute atomic E-state index is 13.5. The Labute approximate surface area is 186 Å². The second-order valence-electron chi connectivity index (χ2n) is 8.39. The van der Waals surface area contributed by atoms with Crippen molar-refractivity contribution < 1.29 is 9.53 Å². The van der Waals surface area contributed by atoms with Crippen LogP contribution in [0, 0.1) is 13.8 Å². The fourth-order valence-corrected chi connectivity index (χ4v) is 4.25. The number of rotatable bonds is 5. The number of morpholine rings is 1. The van der Waals surface area contributed by atoms with Gasteiger partial charge in [0.15, 0.2) is 0 Å². The molecule has 0 bridgehead atoms. The zero-order valence-electron chi connectivity index (χ0n) is 18.3. The lowest BCUT2D eigenvalue weighted by molar-refractivity contribution is -0.144. The van der Waals surface area contributed by atoms with Crippen LogP contribution in [-0.2, 0) is 14.9 Å². The summed E-state index contributed by atoms with van der Waals surface area (Å²) in [5.41, 5.74) is 5.83. The van der Waals surface area contributed by atoms with Crippen molar-refractivity contribution in [3.8, 4) is 0 Å². The summed E-state index contributed by atoms with van der Waals surface area (Å²) in [6.45, 7) is 9.50. The maximum atomic E-state index is 13.5. The zero-order valence-corrected chi connectivity index (χ0v) is 19.1. The number of benzene rings is 1. The number of pyridine rings is 1. The fraction of sp³-hybridized carbons (Fsp3) is 0.391. The van der Waals surface area contributed by atoms with Crippen LogP contribution in [0.3, 0.4) is 0 Å². The molecule has 0 unspecified atom stereocenters. The molecule has 2 aromatic heterocycles. The number of ether oxygens (including phenoxy) is 1. The molecule has 0 aliphatic carbocycles. The summed E-state index contributed by atoms with van der Waals surface area (Å²) in [5.74, 6) is 0.101. The summed E-state index contributed by atoms with van der Waals surface area (Å²) < 4.78 is 6.01. The van der Waals surface area contributed by atoms with Crippen LogP contribution in [-0.4, -0.2) is 45.7 Å². The molecule has 31 heavy (non-hydrogen) atoms. The minimum Gasteiger partial charge on any atom is -0.368 e. The molecule has 1 aliphatic rings. The Morgan fingerprint density at radius 3 is 2.71 bits per heavy atom. The summed E-state index contributed by atoms with van der Waals surface area (Å²) in [7, 11) is 0. The minimum absolute atomic E-state index is 0.101. The van der Waals surface area contributed by atoms with E-state index in [4.69, 9.17) is 4.74 Å². The van der Waals surface area contributed by atoms with Gasteiger partial charge in [-0.2, -0.15) is 0 Å². The molecule has 1 aliphatic heterocycles. The van der Waals surface area contributed by atoms with Crippen molar-refractivity contribution >= 4 is 28.1 Å². The first-order valence-electron chi connectivity index (χ1n) is 10.3. The number of nitrogens with one attached hydrogen (secondary N) is 1. The van der Waals surface area contributed by atoms with Crippen LogP contribution < -0.4 is 5.32 Å². The van der Waals surface area contributed by atoms with Crippen molar-refractivity contribution in [1.29, 1.82) is 0 Å². The highest BCUT2D eigenvalue weighted by atomic mass is 32.1. The number of carbonyl (C=O) groups is 1. The highest BCUT2D eigenvalue weighted by Gasteiger charge is 2.36. The molecule has 1 aromatic carbocycles. The predicted octanol–water partition coefficient (Wildman–Crippen LogP) is 4.17. The van der Waals surface area contributed by atoms with Crippen molar-refractivity contribution in [3.63, 3.8) is 0 Å². The van der Waals surface area contributed by atoms with Gasteiger partial charge in [0.2, 0.25) is 11.0 Å². The molecule has 1 amide bonds. The molecule has 1 saturated heterocycles. The molecule has 0 spiro atoms. The number of nitrogens with zero attached hydrogens (tertiary/aromatic N) is 4. The molecule has 1 N–H and O–H groups in total. The smallest absolute Gasteiger partial charge is 0.232 e. The van der Waals surface area contributed by atoms with Crippen molar-refractivity contribution in [1.82, 2.24) is 20.1 Å². The SMILES string of the molecule is Cc1ccc(C(C)(C)C(=O)N2CCO[C@H](c3cc(Nc4nncs4)cc(C)n3)C2)cc1. The molecule has 3 heterocycles. The van der Waals surface area contributed by atoms with Gasteiger partial charge in [0.1, 0.15) is 11.6 Å². The van der Waals surface area contributed by atoms with Crippen LogP contribution >= 0.6 is 11.3 Å². The van der Waals surface area contributed by atoms with E-state index in [-0.39, 0.29) is 12.0 Å². The van der Waals surface area contributed by atoms with E-state index >= 15 is 0 Å². The molecule has 162 valence electrons. The monoisotopic (exact) mass is 437 g/mol. The third-order valence-electron chi connectivity index (χ3n) is 5.58. The number of carbonyl (C=O) groups excluding carboxylic acids is 1. The average Bonchev–Trinajstić information content (AvgIpc) is 3.26. The lowest BCUT2D eigenvalue weighted by atomic mass is 9.82. The predicted molar refractivity (Wildman–Crippen MR) is 122 cm³/mol. The van der Waals surface area contributed by atoms with E-state index in [0.717, 1.165) is 27.8 Å². The van der Waals surface area contributed by atoms with Gasteiger partial charge in [-0.1, -0.05) is 41.2 Å². The van der Waals surface area contributed by atoms with Crippen LogP contribution in [0.4, 0.5) is 10.8 Å². The highest BCUT2D eigenvalue weighted by Crippen LogP contribution is 2.30. The van der Waals surface area contributed by atoms with E-state index in [1.165, 1.54) is 16.9 Å². The Bertz CT molecular complexity index is 1050. The van der Waals surface area contributed by atoms with Crippen LogP contribution in [0.1, 0.15) is 42.5 Å². The lowest BCUT2D eigenvalue weighted by Gasteiger charge is -2.37. The van der Waals surface area contributed by atoms with Crippen LogP contribution in [0.5, 0.6) is 0 Å². The molecule has 3 aromatic rings. The number of hydrogen-bond acceptors (Lipinski definition) is 7. The molecule has 0 radical (unpaired) electrons. The number of aryl methyl sites for hydroxylation is 2. The Hall–Kier alpha value is -2.84. The first kappa shape index (κ1) is 21.4. The standard InChI is InChI=1S/C23H27N5O2S/c1-15-5-7-17(8-6-15)23(3,4)21(29)28-9-10-30-20(13-28)19-12-18(11-16(2)25-19)26-22-27-24-14-31-22/h5-8,11-12,14,20H,9-10,13H2,1-4H3,(H,25,26,27)/t20-/m0/s1. The Kier molecular flexibility index (Phi) is 6.02. The van der Waals surface area contributed by atoms with Crippen LogP contribution in [0.25, 0.3) is 0 Å². The Morgan fingerprint density at radius 2 is 2.00 bits per heavy atom. The summed E-state index contributed by atoms with van der Waals surface area (Å²) in [6.07, 6.45) is -0.276. The quantitative estimate of drug-likeness (QED) is 0.645. The van der Waals surface area contributed by atoms with Gasteiger partial charge in [-0.05, 0) is 45.4 Å². The van der Waals surface area contributed by atoms with E-state index < -0.39 is 5.41 Å². The fourth-order valence-electron chi connectivity index (χ4n) is 3.78. The molecule has 1 atom stereocenters. The van der Waals surface area contributed by atoms with Gasteiger partial charge in [0.05, 0.1) is 24.3 Å². The van der Waals surface area contributed by atoms with Gasteiger partial charge in [-0.25, -0.2) is 0 Å². The number of aromatic nitrogens is 3.